The molecule has 3 rings (SSSR count). The van der Waals surface area contributed by atoms with Crippen LogP contribution in [-0.4, -0.2) is 43.4 Å². The number of nitrogens with one attached hydrogen (secondary N) is 1. The summed E-state index contributed by atoms with van der Waals surface area (Å²) in [5, 5.41) is 10.3. The third-order valence-electron chi connectivity index (χ3n) is 3.54. The fourth-order valence-corrected chi connectivity index (χ4v) is 3.01. The van der Waals surface area contributed by atoms with Gasteiger partial charge in [0.1, 0.15) is 18.1 Å². The van der Waals surface area contributed by atoms with E-state index in [9.17, 15) is 14.4 Å². The topological polar surface area (TPSA) is 133 Å². The monoisotopic (exact) mass is 370 g/mol. The standard InChI is InChI=1S/C16H14N6O3S/c17-15(24)14(23)11(7-10-3-6-26-8-10)21-16(25)12-1-5-20-22(12)13-2-4-18-9-19-13/h1-6,8-9,11H,7H2,(H2,17,24)(H,21,25). The molecule has 9 nitrogen and oxygen atoms in total. The maximum atomic E-state index is 12.6. The summed E-state index contributed by atoms with van der Waals surface area (Å²) in [5.41, 5.74) is 6.09. The van der Waals surface area contributed by atoms with Gasteiger partial charge in [-0.05, 0) is 28.5 Å². The number of nitrogens with two attached hydrogens (primary N) is 1. The Hall–Kier alpha value is -3.40. The van der Waals surface area contributed by atoms with E-state index in [1.54, 1.807) is 6.07 Å². The number of nitrogens with zero attached hydrogens (tertiary/aromatic N) is 4. The molecule has 132 valence electrons. The number of hydrogen-bond donors (Lipinski definition) is 2. The number of carbonyl (C=O) groups is 3. The van der Waals surface area contributed by atoms with Gasteiger partial charge >= 0.3 is 0 Å². The molecule has 3 aromatic heterocycles. The summed E-state index contributed by atoms with van der Waals surface area (Å²) >= 11 is 1.45. The summed E-state index contributed by atoms with van der Waals surface area (Å²) in [7, 11) is 0. The second-order valence-electron chi connectivity index (χ2n) is 5.29. The Morgan fingerprint density at radius 3 is 2.73 bits per heavy atom. The molecule has 0 saturated heterocycles. The SMILES string of the molecule is NC(=O)C(=O)C(Cc1ccsc1)NC(=O)c1ccnn1-c1ccncn1. The van der Waals surface area contributed by atoms with Gasteiger partial charge in [0.2, 0.25) is 5.78 Å². The number of hydrogen-bond acceptors (Lipinski definition) is 7. The van der Waals surface area contributed by atoms with E-state index in [-0.39, 0.29) is 12.1 Å². The lowest BCUT2D eigenvalue weighted by atomic mass is 10.0. The van der Waals surface area contributed by atoms with Crippen LogP contribution in [0.3, 0.4) is 0 Å². The van der Waals surface area contributed by atoms with Gasteiger partial charge in [-0.3, -0.25) is 14.4 Å². The number of Topliss-reactive ketones (excluding diaryl/α,β-unsaturated/α-hetero) is 1. The smallest absolute Gasteiger partial charge is 0.287 e. The average Bonchev–Trinajstić information content (AvgIpc) is 3.32. The molecular weight excluding hydrogens is 356 g/mol. The molecule has 10 heteroatoms. The van der Waals surface area contributed by atoms with Gasteiger partial charge in [-0.1, -0.05) is 0 Å². The van der Waals surface area contributed by atoms with E-state index in [2.05, 4.69) is 20.4 Å². The Labute approximate surface area is 151 Å². The maximum absolute atomic E-state index is 12.6. The van der Waals surface area contributed by atoms with Crippen molar-refractivity contribution in [2.75, 3.05) is 0 Å². The van der Waals surface area contributed by atoms with E-state index in [1.165, 1.54) is 40.8 Å². The molecule has 3 aromatic rings. The predicted octanol–water partition coefficient (Wildman–Crippen LogP) is 0.119. The van der Waals surface area contributed by atoms with Gasteiger partial charge in [0.25, 0.3) is 11.8 Å². The van der Waals surface area contributed by atoms with Crippen LogP contribution in [0.5, 0.6) is 0 Å². The zero-order valence-corrected chi connectivity index (χ0v) is 14.2. The predicted molar refractivity (Wildman–Crippen MR) is 92.6 cm³/mol. The first-order chi connectivity index (χ1) is 12.6. The first kappa shape index (κ1) is 17.4. The van der Waals surface area contributed by atoms with Crippen LogP contribution in [0.1, 0.15) is 16.1 Å². The van der Waals surface area contributed by atoms with E-state index in [0.29, 0.717) is 5.82 Å². The third-order valence-corrected chi connectivity index (χ3v) is 4.28. The first-order valence-corrected chi connectivity index (χ1v) is 8.46. The van der Waals surface area contributed by atoms with Crippen LogP contribution < -0.4 is 11.1 Å². The number of rotatable bonds is 7. The van der Waals surface area contributed by atoms with Crippen molar-refractivity contribution in [3.63, 3.8) is 0 Å². The number of carbonyl (C=O) groups excluding carboxylic acids is 3. The molecule has 3 heterocycles. The van der Waals surface area contributed by atoms with Crippen molar-refractivity contribution in [2.45, 2.75) is 12.5 Å². The minimum Gasteiger partial charge on any atom is -0.363 e. The largest absolute Gasteiger partial charge is 0.363 e. The molecule has 0 aliphatic rings. The summed E-state index contributed by atoms with van der Waals surface area (Å²) in [5.74, 6) is -2.14. The molecule has 0 aliphatic carbocycles. The molecule has 0 aromatic carbocycles. The highest BCUT2D eigenvalue weighted by Crippen LogP contribution is 2.11. The van der Waals surface area contributed by atoms with E-state index >= 15 is 0 Å². The Bertz CT molecular complexity index is 923. The summed E-state index contributed by atoms with van der Waals surface area (Å²) in [4.78, 5) is 43.9. The Kier molecular flexibility index (Phi) is 5.13. The molecule has 2 amide bonds. The second kappa shape index (κ2) is 7.66. The molecule has 0 fully saturated rings. The summed E-state index contributed by atoms with van der Waals surface area (Å²) < 4.78 is 1.31. The van der Waals surface area contributed by atoms with Crippen LogP contribution in [0, 0.1) is 0 Å². The molecular formula is C16H14N6O3S. The fraction of sp³-hybridized carbons (Fsp3) is 0.125. The quantitative estimate of drug-likeness (QED) is 0.568. The number of primary amides is 1. The van der Waals surface area contributed by atoms with Crippen molar-refractivity contribution in [1.82, 2.24) is 25.1 Å². The highest BCUT2D eigenvalue weighted by molar-refractivity contribution is 7.07. The van der Waals surface area contributed by atoms with E-state index in [0.717, 1.165) is 5.56 Å². The lowest BCUT2D eigenvalue weighted by Gasteiger charge is -2.16. The number of aromatic nitrogens is 4. The lowest BCUT2D eigenvalue weighted by Crippen LogP contribution is -2.47. The zero-order chi connectivity index (χ0) is 18.5. The Morgan fingerprint density at radius 2 is 2.08 bits per heavy atom. The minimum absolute atomic E-state index is 0.163. The van der Waals surface area contributed by atoms with Crippen molar-refractivity contribution in [2.24, 2.45) is 5.73 Å². The number of thiophene rings is 1. The maximum Gasteiger partial charge on any atom is 0.287 e. The molecule has 0 saturated carbocycles. The van der Waals surface area contributed by atoms with Crippen molar-refractivity contribution in [3.8, 4) is 5.82 Å². The third kappa shape index (κ3) is 3.81. The molecule has 3 N–H and O–H groups in total. The van der Waals surface area contributed by atoms with Gasteiger partial charge in [-0.15, -0.1) is 0 Å². The molecule has 26 heavy (non-hydrogen) atoms. The van der Waals surface area contributed by atoms with Crippen molar-refractivity contribution >= 4 is 28.9 Å². The zero-order valence-electron chi connectivity index (χ0n) is 13.4. The van der Waals surface area contributed by atoms with E-state index in [1.807, 2.05) is 16.8 Å². The fourth-order valence-electron chi connectivity index (χ4n) is 2.32. The lowest BCUT2D eigenvalue weighted by molar-refractivity contribution is -0.137. The van der Waals surface area contributed by atoms with Crippen LogP contribution in [0.25, 0.3) is 5.82 Å². The normalized spacial score (nSPS) is 11.7. The number of amides is 2. The minimum atomic E-state index is -1.10. The second-order valence-corrected chi connectivity index (χ2v) is 6.07. The van der Waals surface area contributed by atoms with Gasteiger partial charge in [0.15, 0.2) is 5.82 Å². The summed E-state index contributed by atoms with van der Waals surface area (Å²) in [6.45, 7) is 0. The molecule has 0 radical (unpaired) electrons. The molecule has 0 spiro atoms. The van der Waals surface area contributed by atoms with Crippen LogP contribution in [-0.2, 0) is 16.0 Å². The average molecular weight is 370 g/mol. The van der Waals surface area contributed by atoms with Crippen molar-refractivity contribution < 1.29 is 14.4 Å². The molecule has 0 aliphatic heterocycles. The van der Waals surface area contributed by atoms with Crippen LogP contribution in [0.2, 0.25) is 0 Å². The van der Waals surface area contributed by atoms with E-state index in [4.69, 9.17) is 5.73 Å². The Balaban J connectivity index is 1.83. The van der Waals surface area contributed by atoms with Crippen LogP contribution in [0.15, 0.2) is 47.7 Å². The first-order valence-electron chi connectivity index (χ1n) is 7.52. The van der Waals surface area contributed by atoms with E-state index < -0.39 is 23.6 Å². The van der Waals surface area contributed by atoms with Gasteiger partial charge in [0.05, 0.1) is 6.20 Å². The van der Waals surface area contributed by atoms with Crippen molar-refractivity contribution in [1.29, 1.82) is 0 Å². The van der Waals surface area contributed by atoms with Crippen LogP contribution in [0.4, 0.5) is 0 Å². The summed E-state index contributed by atoms with van der Waals surface area (Å²) in [6.07, 6.45) is 4.44. The molecule has 1 unspecified atom stereocenters. The van der Waals surface area contributed by atoms with Gasteiger partial charge < -0.3 is 11.1 Å². The van der Waals surface area contributed by atoms with Gasteiger partial charge in [0, 0.05) is 18.7 Å². The summed E-state index contributed by atoms with van der Waals surface area (Å²) in [6, 6.07) is 3.81. The van der Waals surface area contributed by atoms with Crippen LogP contribution >= 0.6 is 11.3 Å². The molecule has 1 atom stereocenters. The highest BCUT2D eigenvalue weighted by Gasteiger charge is 2.27. The van der Waals surface area contributed by atoms with Crippen molar-refractivity contribution in [3.05, 3.63) is 58.9 Å². The number of ketones is 1. The Morgan fingerprint density at radius 1 is 1.23 bits per heavy atom. The highest BCUT2D eigenvalue weighted by atomic mass is 32.1. The molecule has 0 bridgehead atoms. The van der Waals surface area contributed by atoms with Gasteiger partial charge in [-0.25, -0.2) is 14.6 Å². The van der Waals surface area contributed by atoms with Gasteiger partial charge in [-0.2, -0.15) is 16.4 Å².